The van der Waals surface area contributed by atoms with Crippen molar-refractivity contribution in [3.63, 3.8) is 0 Å². The van der Waals surface area contributed by atoms with Gasteiger partial charge in [-0.3, -0.25) is 0 Å². The lowest BCUT2D eigenvalue weighted by molar-refractivity contribution is 0.383. The largest absolute Gasteiger partial charge is 0.370 e. The van der Waals surface area contributed by atoms with Gasteiger partial charge in [0.15, 0.2) is 5.96 Å². The summed E-state index contributed by atoms with van der Waals surface area (Å²) in [5.41, 5.74) is 5.88. The van der Waals surface area contributed by atoms with Gasteiger partial charge < -0.3 is 11.1 Å². The zero-order chi connectivity index (χ0) is 10.8. The Labute approximate surface area is 92.5 Å². The average molecular weight is 209 g/mol. The van der Waals surface area contributed by atoms with Crippen LogP contribution in [-0.4, -0.2) is 18.0 Å². The van der Waals surface area contributed by atoms with Crippen LogP contribution in [0.1, 0.15) is 46.0 Å². The van der Waals surface area contributed by atoms with Gasteiger partial charge in [0.1, 0.15) is 0 Å². The Hall–Kier alpha value is -0.730. The molecule has 3 atom stereocenters. The van der Waals surface area contributed by atoms with Gasteiger partial charge in [-0.2, -0.15) is 0 Å². The van der Waals surface area contributed by atoms with Crippen LogP contribution in [0.25, 0.3) is 0 Å². The molecule has 2 aliphatic carbocycles. The first kappa shape index (κ1) is 10.8. The minimum atomic E-state index is 0.459. The standard InChI is InChI=1S/C12H23N3/c1-3-9-4-7-11(8(9)2)15-12(13)14-10-5-6-10/h8-11H,3-7H2,1-2H3,(H3,13,14,15). The molecule has 2 rings (SSSR count). The quantitative estimate of drug-likeness (QED) is 0.551. The molecule has 2 aliphatic rings. The van der Waals surface area contributed by atoms with Crippen molar-refractivity contribution in [2.75, 3.05) is 0 Å². The predicted octanol–water partition coefficient (Wildman–Crippen LogP) is 1.88. The summed E-state index contributed by atoms with van der Waals surface area (Å²) >= 11 is 0. The number of hydrogen-bond donors (Lipinski definition) is 2. The molecule has 2 saturated carbocycles. The molecular weight excluding hydrogens is 186 g/mol. The molecule has 86 valence electrons. The van der Waals surface area contributed by atoms with Crippen LogP contribution in [0.4, 0.5) is 0 Å². The van der Waals surface area contributed by atoms with Gasteiger partial charge in [-0.25, -0.2) is 4.99 Å². The fraction of sp³-hybridized carbons (Fsp3) is 0.917. The van der Waals surface area contributed by atoms with Crippen LogP contribution in [0, 0.1) is 11.8 Å². The van der Waals surface area contributed by atoms with E-state index in [1.807, 2.05) is 0 Å². The maximum absolute atomic E-state index is 5.88. The van der Waals surface area contributed by atoms with Gasteiger partial charge in [-0.05, 0) is 37.5 Å². The highest BCUT2D eigenvalue weighted by Crippen LogP contribution is 2.35. The maximum atomic E-state index is 5.88. The zero-order valence-corrected chi connectivity index (χ0v) is 9.87. The molecule has 0 aliphatic heterocycles. The highest BCUT2D eigenvalue weighted by molar-refractivity contribution is 5.78. The van der Waals surface area contributed by atoms with Crippen LogP contribution in [0.3, 0.4) is 0 Å². The molecule has 3 nitrogen and oxygen atoms in total. The Bertz CT molecular complexity index is 245. The minimum absolute atomic E-state index is 0.459. The first-order valence-electron chi connectivity index (χ1n) is 6.30. The molecular formula is C12H23N3. The summed E-state index contributed by atoms with van der Waals surface area (Å²) in [6.07, 6.45) is 6.33. The highest BCUT2D eigenvalue weighted by atomic mass is 15.1. The van der Waals surface area contributed by atoms with Gasteiger partial charge in [0, 0.05) is 6.04 Å². The van der Waals surface area contributed by atoms with Gasteiger partial charge in [0.2, 0.25) is 0 Å². The number of hydrogen-bond acceptors (Lipinski definition) is 1. The number of nitrogens with two attached hydrogens (primary N) is 1. The van der Waals surface area contributed by atoms with E-state index in [9.17, 15) is 0 Å². The lowest BCUT2D eigenvalue weighted by Gasteiger charge is -2.17. The molecule has 0 saturated heterocycles. The fourth-order valence-electron chi connectivity index (χ4n) is 2.64. The third kappa shape index (κ3) is 2.64. The van der Waals surface area contributed by atoms with Crippen molar-refractivity contribution in [2.45, 2.75) is 58.0 Å². The van der Waals surface area contributed by atoms with Crippen molar-refractivity contribution >= 4 is 5.96 Å². The van der Waals surface area contributed by atoms with Crippen LogP contribution in [0.15, 0.2) is 4.99 Å². The van der Waals surface area contributed by atoms with E-state index >= 15 is 0 Å². The summed E-state index contributed by atoms with van der Waals surface area (Å²) in [6.45, 7) is 4.60. The van der Waals surface area contributed by atoms with Crippen molar-refractivity contribution < 1.29 is 0 Å². The van der Waals surface area contributed by atoms with E-state index < -0.39 is 0 Å². The van der Waals surface area contributed by atoms with E-state index in [-0.39, 0.29) is 0 Å². The SMILES string of the molecule is CCC1CCC(N=C(N)NC2CC2)C1C. The second kappa shape index (κ2) is 4.42. The molecule has 0 amide bonds. The number of nitrogens with one attached hydrogen (secondary N) is 1. The molecule has 3 unspecified atom stereocenters. The second-order valence-electron chi connectivity index (χ2n) is 5.11. The molecule has 0 aromatic rings. The van der Waals surface area contributed by atoms with Crippen molar-refractivity contribution in [1.82, 2.24) is 5.32 Å². The van der Waals surface area contributed by atoms with Crippen LogP contribution >= 0.6 is 0 Å². The summed E-state index contributed by atoms with van der Waals surface area (Å²) in [6, 6.07) is 1.08. The number of guanidine groups is 1. The van der Waals surface area contributed by atoms with Crippen molar-refractivity contribution in [3.05, 3.63) is 0 Å². The first-order valence-corrected chi connectivity index (χ1v) is 6.30. The first-order chi connectivity index (χ1) is 7.20. The molecule has 0 spiro atoms. The van der Waals surface area contributed by atoms with Crippen molar-refractivity contribution in [2.24, 2.45) is 22.6 Å². The Morgan fingerprint density at radius 2 is 2.07 bits per heavy atom. The van der Waals surface area contributed by atoms with Crippen molar-refractivity contribution in [3.8, 4) is 0 Å². The third-order valence-corrected chi connectivity index (χ3v) is 3.94. The average Bonchev–Trinajstić information content (AvgIpc) is 2.94. The van der Waals surface area contributed by atoms with Gasteiger partial charge in [0.05, 0.1) is 6.04 Å². The second-order valence-corrected chi connectivity index (χ2v) is 5.11. The summed E-state index contributed by atoms with van der Waals surface area (Å²) in [7, 11) is 0. The van der Waals surface area contributed by atoms with E-state index in [1.54, 1.807) is 0 Å². The van der Waals surface area contributed by atoms with Crippen molar-refractivity contribution in [1.29, 1.82) is 0 Å². The molecule has 0 aromatic heterocycles. The number of rotatable bonds is 3. The zero-order valence-electron chi connectivity index (χ0n) is 9.87. The molecule has 15 heavy (non-hydrogen) atoms. The summed E-state index contributed by atoms with van der Waals surface area (Å²) in [5.74, 6) is 2.23. The Balaban J connectivity index is 1.87. The Kier molecular flexibility index (Phi) is 3.17. The Morgan fingerprint density at radius 1 is 1.33 bits per heavy atom. The minimum Gasteiger partial charge on any atom is -0.370 e. The monoisotopic (exact) mass is 209 g/mol. The molecule has 2 fully saturated rings. The van der Waals surface area contributed by atoms with Gasteiger partial charge in [-0.15, -0.1) is 0 Å². The van der Waals surface area contributed by atoms with Crippen LogP contribution in [0.5, 0.6) is 0 Å². The number of nitrogens with zero attached hydrogens (tertiary/aromatic N) is 1. The van der Waals surface area contributed by atoms with Crippen LogP contribution < -0.4 is 11.1 Å². The molecule has 0 bridgehead atoms. The van der Waals surface area contributed by atoms with E-state index in [2.05, 4.69) is 24.2 Å². The molecule has 0 radical (unpaired) electrons. The Morgan fingerprint density at radius 3 is 2.60 bits per heavy atom. The predicted molar refractivity (Wildman–Crippen MR) is 63.7 cm³/mol. The van der Waals surface area contributed by atoms with Gasteiger partial charge >= 0.3 is 0 Å². The lowest BCUT2D eigenvalue weighted by atomic mass is 9.94. The molecule has 3 N–H and O–H groups in total. The maximum Gasteiger partial charge on any atom is 0.189 e. The third-order valence-electron chi connectivity index (χ3n) is 3.94. The topological polar surface area (TPSA) is 50.4 Å². The number of aliphatic imine (C=N–C) groups is 1. The fourth-order valence-corrected chi connectivity index (χ4v) is 2.64. The smallest absolute Gasteiger partial charge is 0.189 e. The normalized spacial score (nSPS) is 36.9. The summed E-state index contributed by atoms with van der Waals surface area (Å²) in [5, 5.41) is 3.26. The van der Waals surface area contributed by atoms with Crippen LogP contribution in [-0.2, 0) is 0 Å². The summed E-state index contributed by atoms with van der Waals surface area (Å²) < 4.78 is 0. The highest BCUT2D eigenvalue weighted by Gasteiger charge is 2.31. The van der Waals surface area contributed by atoms with E-state index in [0.717, 1.165) is 5.92 Å². The molecule has 0 aromatic carbocycles. The van der Waals surface area contributed by atoms with Gasteiger partial charge in [0.25, 0.3) is 0 Å². The summed E-state index contributed by atoms with van der Waals surface area (Å²) in [4.78, 5) is 4.62. The van der Waals surface area contributed by atoms with E-state index in [1.165, 1.54) is 32.1 Å². The molecule has 0 heterocycles. The lowest BCUT2D eigenvalue weighted by Crippen LogP contribution is -2.35. The van der Waals surface area contributed by atoms with E-state index in [0.29, 0.717) is 24.0 Å². The van der Waals surface area contributed by atoms with Gasteiger partial charge in [-0.1, -0.05) is 20.3 Å². The van der Waals surface area contributed by atoms with Crippen LogP contribution in [0.2, 0.25) is 0 Å². The molecule has 3 heteroatoms. The van der Waals surface area contributed by atoms with E-state index in [4.69, 9.17) is 5.73 Å².